The van der Waals surface area contributed by atoms with Crippen LogP contribution in [0.15, 0.2) is 42.5 Å². The van der Waals surface area contributed by atoms with Gasteiger partial charge in [-0.1, -0.05) is 12.1 Å². The van der Waals surface area contributed by atoms with Crippen LogP contribution in [0.1, 0.15) is 17.3 Å². The van der Waals surface area contributed by atoms with Crippen molar-refractivity contribution >= 4 is 62.6 Å². The van der Waals surface area contributed by atoms with Crippen molar-refractivity contribution in [3.05, 3.63) is 59.8 Å². The number of pyridine rings is 2. The maximum absolute atomic E-state index is 9.22. The minimum atomic E-state index is 0.319. The molecule has 1 aromatic carbocycles. The van der Waals surface area contributed by atoms with Crippen LogP contribution in [-0.2, 0) is 7.05 Å². The highest BCUT2D eigenvalue weighted by Gasteiger charge is 2.19. The van der Waals surface area contributed by atoms with E-state index in [9.17, 15) is 5.26 Å². The molecule has 5 aromatic rings. The predicted molar refractivity (Wildman–Crippen MR) is 153 cm³/mol. The minimum absolute atomic E-state index is 0.319. The second-order valence-electron chi connectivity index (χ2n) is 8.07. The molecule has 4 heterocycles. The van der Waals surface area contributed by atoms with Crippen LogP contribution in [0.4, 0.5) is 23.0 Å². The molecule has 0 amide bonds. The highest BCUT2D eigenvalue weighted by Crippen LogP contribution is 2.40. The predicted octanol–water partition coefficient (Wildman–Crippen LogP) is 5.40. The number of aromatic nitrogens is 7. The van der Waals surface area contributed by atoms with Gasteiger partial charge in [0.05, 0.1) is 30.4 Å². The lowest BCUT2D eigenvalue weighted by atomic mass is 10.1. The molecule has 0 aliphatic rings. The van der Waals surface area contributed by atoms with Gasteiger partial charge >= 0.3 is 0 Å². The van der Waals surface area contributed by atoms with Gasteiger partial charge in [0.25, 0.3) is 0 Å². The van der Waals surface area contributed by atoms with E-state index in [-0.39, 0.29) is 0 Å². The molecule has 4 aromatic heterocycles. The Labute approximate surface area is 227 Å². The number of rotatable bonds is 7. The summed E-state index contributed by atoms with van der Waals surface area (Å²) in [6.07, 6.45) is 0.416. The number of benzene rings is 1. The fourth-order valence-electron chi connectivity index (χ4n) is 4.04. The number of methoxy groups -OCH3 is 1. The molecule has 0 bridgehead atoms. The van der Waals surface area contributed by atoms with Crippen LogP contribution in [0.25, 0.3) is 22.6 Å². The number of nitrogens with one attached hydrogen (secondary N) is 2. The zero-order chi connectivity index (χ0) is 26.1. The quantitative estimate of drug-likeness (QED) is 0.181. The first-order valence-electron chi connectivity index (χ1n) is 11.1. The van der Waals surface area contributed by atoms with E-state index in [2.05, 4.69) is 58.1 Å². The van der Waals surface area contributed by atoms with E-state index in [4.69, 9.17) is 14.7 Å². The van der Waals surface area contributed by atoms with Crippen molar-refractivity contribution < 1.29 is 4.74 Å². The summed E-state index contributed by atoms with van der Waals surface area (Å²) in [6.45, 7) is 3.81. The van der Waals surface area contributed by atoms with E-state index in [1.165, 1.54) is 0 Å². The Morgan fingerprint density at radius 2 is 1.81 bits per heavy atom. The summed E-state index contributed by atoms with van der Waals surface area (Å²) >= 11 is 2.32. The lowest BCUT2D eigenvalue weighted by Crippen LogP contribution is -2.03. The SMILES string of the molecule is COc1c(Nc2cc(Nc3cccc(C#N)n3)nc3c2nc(C)n3PI)cccc1-c1nc(C)nn1C. The first kappa shape index (κ1) is 24.9. The van der Waals surface area contributed by atoms with E-state index in [0.29, 0.717) is 41.1 Å². The number of fused-ring (bicyclic) bond motifs is 1. The molecule has 1 unspecified atom stereocenters. The van der Waals surface area contributed by atoms with Gasteiger partial charge in [-0.3, -0.25) is 4.34 Å². The highest BCUT2D eigenvalue weighted by molar-refractivity contribution is 14.2. The summed E-state index contributed by atoms with van der Waals surface area (Å²) in [7, 11) is 3.49. The Morgan fingerprint density at radius 3 is 2.51 bits per heavy atom. The van der Waals surface area contributed by atoms with Gasteiger partial charge in [-0.2, -0.15) is 10.4 Å². The zero-order valence-corrected chi connectivity index (χ0v) is 23.6. The Bertz CT molecular complexity index is 1670. The second-order valence-corrected chi connectivity index (χ2v) is 10.1. The average Bonchev–Trinajstić information content (AvgIpc) is 3.40. The van der Waals surface area contributed by atoms with Gasteiger partial charge in [-0.15, -0.1) is 0 Å². The minimum Gasteiger partial charge on any atom is -0.494 e. The number of ether oxygens (including phenoxy) is 1. The van der Waals surface area contributed by atoms with Crippen molar-refractivity contribution in [3.63, 3.8) is 0 Å². The third-order valence-corrected chi connectivity index (χ3v) is 7.74. The Morgan fingerprint density at radius 1 is 1.00 bits per heavy atom. The van der Waals surface area contributed by atoms with E-state index < -0.39 is 0 Å². The molecular formula is C24H22IN10OP. The van der Waals surface area contributed by atoms with Crippen LogP contribution >= 0.6 is 28.4 Å². The average molecular weight is 624 g/mol. The summed E-state index contributed by atoms with van der Waals surface area (Å²) in [6, 6.07) is 15.0. The van der Waals surface area contributed by atoms with Gasteiger partial charge in [0.1, 0.15) is 40.6 Å². The maximum atomic E-state index is 9.22. The summed E-state index contributed by atoms with van der Waals surface area (Å²) in [4.78, 5) is 18.5. The first-order valence-corrected chi connectivity index (χ1v) is 15.2. The number of nitriles is 1. The summed E-state index contributed by atoms with van der Waals surface area (Å²) in [5, 5.41) is 20.3. The molecule has 0 aliphatic heterocycles. The van der Waals surface area contributed by atoms with Crippen molar-refractivity contribution in [2.75, 3.05) is 17.7 Å². The Hall–Kier alpha value is -3.82. The number of hydrogen-bond acceptors (Lipinski definition) is 9. The van der Waals surface area contributed by atoms with Crippen molar-refractivity contribution in [3.8, 4) is 23.2 Å². The summed E-state index contributed by atoms with van der Waals surface area (Å²) < 4.78 is 9.63. The van der Waals surface area contributed by atoms with Gasteiger partial charge in [-0.25, -0.2) is 24.6 Å². The van der Waals surface area contributed by atoms with Crippen molar-refractivity contribution in [2.24, 2.45) is 7.05 Å². The smallest absolute Gasteiger partial charge is 0.168 e. The van der Waals surface area contributed by atoms with E-state index >= 15 is 0 Å². The molecule has 0 spiro atoms. The van der Waals surface area contributed by atoms with Crippen LogP contribution in [0, 0.1) is 25.2 Å². The summed E-state index contributed by atoms with van der Waals surface area (Å²) in [5.74, 6) is 3.96. The third kappa shape index (κ3) is 4.80. The number of imidazole rings is 1. The summed E-state index contributed by atoms with van der Waals surface area (Å²) in [5.41, 5.74) is 4.07. The third-order valence-electron chi connectivity index (χ3n) is 5.59. The Balaban J connectivity index is 1.63. The normalized spacial score (nSPS) is 11.2. The van der Waals surface area contributed by atoms with Gasteiger partial charge in [0.15, 0.2) is 17.2 Å². The number of para-hydroxylation sites is 1. The number of halogens is 1. The highest BCUT2D eigenvalue weighted by atomic mass is 127. The van der Waals surface area contributed by atoms with Crippen LogP contribution < -0.4 is 15.4 Å². The molecule has 5 rings (SSSR count). The number of anilines is 4. The molecule has 13 heteroatoms. The first-order chi connectivity index (χ1) is 17.9. The molecule has 1 atom stereocenters. The molecule has 37 heavy (non-hydrogen) atoms. The van der Waals surface area contributed by atoms with E-state index in [0.717, 1.165) is 33.9 Å². The fourth-order valence-corrected chi connectivity index (χ4v) is 6.18. The van der Waals surface area contributed by atoms with E-state index in [1.54, 1.807) is 30.0 Å². The maximum Gasteiger partial charge on any atom is 0.168 e. The Kier molecular flexibility index (Phi) is 6.90. The molecule has 2 N–H and O–H groups in total. The topological polar surface area (TPSA) is 131 Å². The largest absolute Gasteiger partial charge is 0.494 e. The molecule has 0 fully saturated rings. The van der Waals surface area contributed by atoms with Crippen LogP contribution in [0.5, 0.6) is 5.75 Å². The van der Waals surface area contributed by atoms with Gasteiger partial charge in [0, 0.05) is 13.1 Å². The van der Waals surface area contributed by atoms with Crippen molar-refractivity contribution in [1.29, 1.82) is 5.26 Å². The lowest BCUT2D eigenvalue weighted by molar-refractivity contribution is 0.418. The van der Waals surface area contributed by atoms with E-state index in [1.807, 2.05) is 45.2 Å². The van der Waals surface area contributed by atoms with Gasteiger partial charge < -0.3 is 15.4 Å². The molecule has 186 valence electrons. The molecule has 0 radical (unpaired) electrons. The molecular weight excluding hydrogens is 602 g/mol. The number of nitrogens with zero attached hydrogens (tertiary/aromatic N) is 8. The van der Waals surface area contributed by atoms with Crippen molar-refractivity contribution in [1.82, 2.24) is 34.1 Å². The second kappa shape index (κ2) is 10.3. The number of aryl methyl sites for hydroxylation is 3. The fraction of sp³-hybridized carbons (Fsp3) is 0.167. The number of hydrogen-bond donors (Lipinski definition) is 2. The van der Waals surface area contributed by atoms with Gasteiger partial charge in [0.2, 0.25) is 0 Å². The van der Waals surface area contributed by atoms with Gasteiger partial charge in [-0.05, 0) is 60.2 Å². The lowest BCUT2D eigenvalue weighted by Gasteiger charge is -2.16. The molecule has 11 nitrogen and oxygen atoms in total. The molecule has 0 saturated heterocycles. The zero-order valence-electron chi connectivity index (χ0n) is 20.4. The van der Waals surface area contributed by atoms with Crippen LogP contribution in [0.3, 0.4) is 0 Å². The van der Waals surface area contributed by atoms with Crippen LogP contribution in [-0.4, -0.2) is 41.2 Å². The standard InChI is InChI=1S/C24H22IN10OP/c1-13-27-23(34(3)33-13)16-8-6-9-17(22(16)36-4)30-18-11-20(31-19-10-5-7-15(12-26)29-19)32-24-21(18)28-14(2)35(24)37-25/h5-11,37H,1-4H3,(H2,29,30,31,32). The molecule has 0 saturated carbocycles. The van der Waals surface area contributed by atoms with Crippen molar-refractivity contribution in [2.45, 2.75) is 13.8 Å². The van der Waals surface area contributed by atoms with Crippen LogP contribution in [0.2, 0.25) is 0 Å². The molecule has 0 aliphatic carbocycles. The monoisotopic (exact) mass is 624 g/mol.